The summed E-state index contributed by atoms with van der Waals surface area (Å²) in [5, 5.41) is 5.64. The Morgan fingerprint density at radius 1 is 0.962 bits per heavy atom. The Hall–Kier alpha value is -3.02. The Bertz CT molecular complexity index is 774. The maximum absolute atomic E-state index is 12.6. The fraction of sp³-hybridized carbons (Fsp3) is 0.300. The number of hydrogen-bond acceptors (Lipinski definition) is 4. The van der Waals surface area contributed by atoms with Gasteiger partial charge < -0.3 is 20.1 Å². The van der Waals surface area contributed by atoms with Gasteiger partial charge in [0.15, 0.2) is 0 Å². The molecule has 0 aliphatic heterocycles. The molecule has 2 rings (SSSR count). The molecule has 26 heavy (non-hydrogen) atoms. The summed E-state index contributed by atoms with van der Waals surface area (Å²) in [5.74, 6) is 0.601. The molecule has 0 aromatic heterocycles. The number of benzene rings is 2. The first-order valence-corrected chi connectivity index (χ1v) is 8.50. The Balaban J connectivity index is 2.15. The van der Waals surface area contributed by atoms with E-state index in [4.69, 9.17) is 9.47 Å². The van der Waals surface area contributed by atoms with Crippen LogP contribution >= 0.6 is 0 Å². The molecule has 2 aromatic rings. The Morgan fingerprint density at radius 3 is 2.35 bits per heavy atom. The molecule has 0 atom stereocenters. The highest BCUT2D eigenvalue weighted by molar-refractivity contribution is 6.06. The van der Waals surface area contributed by atoms with Crippen molar-refractivity contribution in [2.75, 3.05) is 26.1 Å². The van der Waals surface area contributed by atoms with E-state index in [1.165, 1.54) is 7.11 Å². The molecule has 0 aliphatic rings. The molecule has 0 radical (unpaired) electrons. The molecular formula is C20H24N2O4. The van der Waals surface area contributed by atoms with Crippen molar-refractivity contribution in [2.45, 2.75) is 19.8 Å². The molecule has 0 aliphatic carbocycles. The fourth-order valence-electron chi connectivity index (χ4n) is 2.39. The Labute approximate surface area is 153 Å². The van der Waals surface area contributed by atoms with E-state index in [1.54, 1.807) is 49.6 Å². The summed E-state index contributed by atoms with van der Waals surface area (Å²) in [4.78, 5) is 24.7. The zero-order chi connectivity index (χ0) is 18.9. The lowest BCUT2D eigenvalue weighted by Crippen LogP contribution is -2.24. The second-order valence-corrected chi connectivity index (χ2v) is 5.71. The minimum Gasteiger partial charge on any atom is -0.497 e. The van der Waals surface area contributed by atoms with Gasteiger partial charge in [0.25, 0.3) is 11.8 Å². The van der Waals surface area contributed by atoms with E-state index in [9.17, 15) is 9.59 Å². The quantitative estimate of drug-likeness (QED) is 0.710. The van der Waals surface area contributed by atoms with Crippen LogP contribution in [0.5, 0.6) is 11.5 Å². The van der Waals surface area contributed by atoms with E-state index < -0.39 is 0 Å². The van der Waals surface area contributed by atoms with Crippen molar-refractivity contribution < 1.29 is 19.1 Å². The first-order valence-electron chi connectivity index (χ1n) is 8.50. The topological polar surface area (TPSA) is 76.7 Å². The lowest BCUT2D eigenvalue weighted by Gasteiger charge is -2.12. The fourth-order valence-corrected chi connectivity index (χ4v) is 2.39. The van der Waals surface area contributed by atoms with Crippen molar-refractivity contribution in [3.8, 4) is 11.5 Å². The summed E-state index contributed by atoms with van der Waals surface area (Å²) in [6, 6.07) is 11.7. The van der Waals surface area contributed by atoms with Gasteiger partial charge in [-0.1, -0.05) is 19.4 Å². The second kappa shape index (κ2) is 9.46. The van der Waals surface area contributed by atoms with E-state index >= 15 is 0 Å². The number of anilines is 1. The van der Waals surface area contributed by atoms with Gasteiger partial charge in [-0.05, 0) is 36.8 Å². The molecule has 0 unspecified atom stereocenters. The normalized spacial score (nSPS) is 10.1. The van der Waals surface area contributed by atoms with E-state index in [1.807, 2.05) is 0 Å². The van der Waals surface area contributed by atoms with Gasteiger partial charge in [0.2, 0.25) is 0 Å². The monoisotopic (exact) mass is 356 g/mol. The predicted octanol–water partition coefficient (Wildman–Crippen LogP) is 3.49. The minimum absolute atomic E-state index is 0.188. The van der Waals surface area contributed by atoms with Crippen LogP contribution in [0.1, 0.15) is 40.5 Å². The zero-order valence-electron chi connectivity index (χ0n) is 15.3. The van der Waals surface area contributed by atoms with Crippen LogP contribution in [0.3, 0.4) is 0 Å². The van der Waals surface area contributed by atoms with E-state index in [0.29, 0.717) is 34.9 Å². The first kappa shape index (κ1) is 19.3. The molecule has 2 aromatic carbocycles. The van der Waals surface area contributed by atoms with Crippen molar-refractivity contribution in [3.05, 3.63) is 53.6 Å². The van der Waals surface area contributed by atoms with Gasteiger partial charge in [-0.25, -0.2) is 0 Å². The molecule has 0 heterocycles. The number of amides is 2. The highest BCUT2D eigenvalue weighted by Gasteiger charge is 2.13. The van der Waals surface area contributed by atoms with Gasteiger partial charge in [-0.15, -0.1) is 0 Å². The summed E-state index contributed by atoms with van der Waals surface area (Å²) < 4.78 is 10.4. The average molecular weight is 356 g/mol. The SMILES string of the molecule is CCCCNC(=O)c1cccc(C(=O)Nc2cc(OC)ccc2OC)c1. The molecule has 0 bridgehead atoms. The molecule has 2 amide bonds. The van der Waals surface area contributed by atoms with Crippen molar-refractivity contribution in [1.82, 2.24) is 5.32 Å². The highest BCUT2D eigenvalue weighted by Crippen LogP contribution is 2.29. The van der Waals surface area contributed by atoms with Gasteiger partial charge in [-0.3, -0.25) is 9.59 Å². The zero-order valence-corrected chi connectivity index (χ0v) is 15.3. The Morgan fingerprint density at radius 2 is 1.69 bits per heavy atom. The number of carbonyl (C=O) groups excluding carboxylic acids is 2. The van der Waals surface area contributed by atoms with Crippen molar-refractivity contribution in [2.24, 2.45) is 0 Å². The second-order valence-electron chi connectivity index (χ2n) is 5.71. The maximum Gasteiger partial charge on any atom is 0.255 e. The van der Waals surface area contributed by atoms with Crippen molar-refractivity contribution >= 4 is 17.5 Å². The lowest BCUT2D eigenvalue weighted by atomic mass is 10.1. The summed E-state index contributed by atoms with van der Waals surface area (Å²) in [7, 11) is 3.08. The average Bonchev–Trinajstić information content (AvgIpc) is 2.68. The number of rotatable bonds is 8. The smallest absolute Gasteiger partial charge is 0.255 e. The summed E-state index contributed by atoms with van der Waals surface area (Å²) in [6.07, 6.45) is 1.92. The van der Waals surface area contributed by atoms with Crippen LogP contribution in [0.25, 0.3) is 0 Å². The van der Waals surface area contributed by atoms with Crippen LogP contribution < -0.4 is 20.1 Å². The van der Waals surface area contributed by atoms with Crippen LogP contribution in [0.4, 0.5) is 5.69 Å². The summed E-state index contributed by atoms with van der Waals surface area (Å²) >= 11 is 0. The van der Waals surface area contributed by atoms with Gasteiger partial charge in [0.05, 0.1) is 19.9 Å². The number of unbranched alkanes of at least 4 members (excludes halogenated alkanes) is 1. The van der Waals surface area contributed by atoms with Crippen LogP contribution in [-0.2, 0) is 0 Å². The van der Waals surface area contributed by atoms with Crippen LogP contribution in [0.15, 0.2) is 42.5 Å². The van der Waals surface area contributed by atoms with E-state index in [-0.39, 0.29) is 11.8 Å². The third-order valence-corrected chi connectivity index (χ3v) is 3.86. The molecule has 0 saturated carbocycles. The molecule has 0 spiro atoms. The Kier molecular flexibility index (Phi) is 7.02. The number of ether oxygens (including phenoxy) is 2. The number of hydrogen-bond donors (Lipinski definition) is 2. The predicted molar refractivity (Wildman–Crippen MR) is 101 cm³/mol. The summed E-state index contributed by atoms with van der Waals surface area (Å²) in [5.41, 5.74) is 1.33. The third-order valence-electron chi connectivity index (χ3n) is 3.86. The first-order chi connectivity index (χ1) is 12.6. The largest absolute Gasteiger partial charge is 0.497 e. The molecule has 6 heteroatoms. The number of nitrogens with one attached hydrogen (secondary N) is 2. The number of methoxy groups -OCH3 is 2. The van der Waals surface area contributed by atoms with Crippen LogP contribution in [-0.4, -0.2) is 32.6 Å². The number of carbonyl (C=O) groups is 2. The molecule has 2 N–H and O–H groups in total. The van der Waals surface area contributed by atoms with E-state index in [0.717, 1.165) is 12.8 Å². The van der Waals surface area contributed by atoms with Crippen molar-refractivity contribution in [1.29, 1.82) is 0 Å². The molecular weight excluding hydrogens is 332 g/mol. The molecule has 138 valence electrons. The standard InChI is InChI=1S/C20H24N2O4/c1-4-5-11-21-19(23)14-7-6-8-15(12-14)20(24)22-17-13-16(25-2)9-10-18(17)26-3/h6-10,12-13H,4-5,11H2,1-3H3,(H,21,23)(H,22,24). The van der Waals surface area contributed by atoms with Gasteiger partial charge in [-0.2, -0.15) is 0 Å². The molecule has 0 saturated heterocycles. The van der Waals surface area contributed by atoms with Gasteiger partial charge in [0.1, 0.15) is 11.5 Å². The minimum atomic E-state index is -0.334. The summed E-state index contributed by atoms with van der Waals surface area (Å²) in [6.45, 7) is 2.68. The molecule has 6 nitrogen and oxygen atoms in total. The van der Waals surface area contributed by atoms with Crippen LogP contribution in [0, 0.1) is 0 Å². The van der Waals surface area contributed by atoms with Crippen molar-refractivity contribution in [3.63, 3.8) is 0 Å². The van der Waals surface area contributed by atoms with E-state index in [2.05, 4.69) is 17.6 Å². The highest BCUT2D eigenvalue weighted by atomic mass is 16.5. The lowest BCUT2D eigenvalue weighted by molar-refractivity contribution is 0.0953. The third kappa shape index (κ3) is 4.99. The van der Waals surface area contributed by atoms with Gasteiger partial charge >= 0.3 is 0 Å². The van der Waals surface area contributed by atoms with Gasteiger partial charge in [0, 0.05) is 23.7 Å². The van der Waals surface area contributed by atoms with Crippen LogP contribution in [0.2, 0.25) is 0 Å². The molecule has 0 fully saturated rings. The maximum atomic E-state index is 12.6.